The number of ether oxygens (including phenoxy) is 1. The number of nitrogens with zero attached hydrogens (tertiary/aromatic N) is 3. The van der Waals surface area contributed by atoms with Crippen LogP contribution in [-0.4, -0.2) is 69.2 Å². The Morgan fingerprint density at radius 2 is 1.95 bits per heavy atom. The summed E-state index contributed by atoms with van der Waals surface area (Å²) >= 11 is 0. The Bertz CT molecular complexity index is 233. The summed E-state index contributed by atoms with van der Waals surface area (Å²) in [6.07, 6.45) is 2.00. The van der Waals surface area contributed by atoms with Gasteiger partial charge in [-0.15, -0.1) is 0 Å². The predicted molar refractivity (Wildman–Crippen MR) is 81.2 cm³/mol. The second kappa shape index (κ2) is 12.2. The first-order chi connectivity index (χ1) is 9.15. The fraction of sp³-hybridized carbons (Fsp3) is 0.923. The Morgan fingerprint density at radius 1 is 1.21 bits per heavy atom. The molecule has 0 saturated carbocycles. The molecule has 0 unspecified atom stereocenters. The summed E-state index contributed by atoms with van der Waals surface area (Å²) in [5, 5.41) is 0. The zero-order valence-corrected chi connectivity index (χ0v) is 13.0. The lowest BCUT2D eigenvalue weighted by molar-refractivity contribution is 0.146. The fourth-order valence-electron chi connectivity index (χ4n) is 1.65. The van der Waals surface area contributed by atoms with E-state index in [-0.39, 0.29) is 0 Å². The van der Waals surface area contributed by atoms with Gasteiger partial charge < -0.3 is 14.5 Å². The molecule has 6 nitrogen and oxygen atoms in total. The summed E-state index contributed by atoms with van der Waals surface area (Å²) in [4.78, 5) is 8.87. The van der Waals surface area contributed by atoms with Crippen LogP contribution in [0.25, 0.3) is 0 Å². The molecule has 0 radical (unpaired) electrons. The Labute approximate surface area is 118 Å². The van der Waals surface area contributed by atoms with Crippen molar-refractivity contribution in [3.8, 4) is 0 Å². The van der Waals surface area contributed by atoms with Gasteiger partial charge in [-0.05, 0) is 33.9 Å². The standard InChI is InChI=1S/C13H31N5O/c1-5-9-18(11-10-17(3)4)13(16-14)15-8-7-12-19-6-2/h5-12,14H2,1-4H3,(H,15,16). The van der Waals surface area contributed by atoms with E-state index in [1.54, 1.807) is 0 Å². The van der Waals surface area contributed by atoms with Crippen molar-refractivity contribution in [1.82, 2.24) is 15.2 Å². The van der Waals surface area contributed by atoms with Gasteiger partial charge in [-0.2, -0.15) is 0 Å². The third-order valence-corrected chi connectivity index (χ3v) is 2.65. The minimum Gasteiger partial charge on any atom is -0.382 e. The normalized spacial score (nSPS) is 12.0. The van der Waals surface area contributed by atoms with E-state index in [2.05, 4.69) is 41.2 Å². The van der Waals surface area contributed by atoms with Crippen LogP contribution in [0, 0.1) is 0 Å². The Kier molecular flexibility index (Phi) is 11.7. The maximum Gasteiger partial charge on any atom is 0.208 e. The van der Waals surface area contributed by atoms with Crippen molar-refractivity contribution >= 4 is 5.96 Å². The summed E-state index contributed by atoms with van der Waals surface area (Å²) in [5.41, 5.74) is 2.72. The zero-order chi connectivity index (χ0) is 14.5. The summed E-state index contributed by atoms with van der Waals surface area (Å²) in [7, 11) is 4.14. The Balaban J connectivity index is 4.25. The van der Waals surface area contributed by atoms with E-state index in [1.807, 2.05) is 6.92 Å². The molecule has 0 aliphatic heterocycles. The van der Waals surface area contributed by atoms with Gasteiger partial charge in [0, 0.05) is 39.4 Å². The van der Waals surface area contributed by atoms with Crippen LogP contribution in [0.5, 0.6) is 0 Å². The summed E-state index contributed by atoms with van der Waals surface area (Å²) < 4.78 is 5.29. The van der Waals surface area contributed by atoms with E-state index in [0.29, 0.717) is 0 Å². The van der Waals surface area contributed by atoms with Gasteiger partial charge in [-0.3, -0.25) is 10.4 Å². The first-order valence-electron chi connectivity index (χ1n) is 7.14. The monoisotopic (exact) mass is 273 g/mol. The zero-order valence-electron chi connectivity index (χ0n) is 13.0. The van der Waals surface area contributed by atoms with Gasteiger partial charge >= 0.3 is 0 Å². The lowest BCUT2D eigenvalue weighted by Gasteiger charge is -2.26. The molecule has 0 saturated heterocycles. The maximum atomic E-state index is 5.58. The highest BCUT2D eigenvalue weighted by atomic mass is 16.5. The third kappa shape index (κ3) is 9.69. The van der Waals surface area contributed by atoms with Gasteiger partial charge in [0.2, 0.25) is 5.96 Å². The van der Waals surface area contributed by atoms with Crippen LogP contribution in [0.2, 0.25) is 0 Å². The van der Waals surface area contributed by atoms with Crippen molar-refractivity contribution in [2.75, 3.05) is 53.5 Å². The highest BCUT2D eigenvalue weighted by Crippen LogP contribution is 1.95. The Morgan fingerprint density at radius 3 is 2.47 bits per heavy atom. The molecule has 0 fully saturated rings. The van der Waals surface area contributed by atoms with Gasteiger partial charge in [-0.1, -0.05) is 6.92 Å². The van der Waals surface area contributed by atoms with Crippen molar-refractivity contribution in [2.24, 2.45) is 10.8 Å². The molecule has 0 bridgehead atoms. The van der Waals surface area contributed by atoms with Gasteiger partial charge in [0.25, 0.3) is 0 Å². The molecule has 0 aliphatic carbocycles. The topological polar surface area (TPSA) is 66.1 Å². The minimum absolute atomic E-state index is 0.738. The number of hydrogen-bond donors (Lipinski definition) is 2. The van der Waals surface area contributed by atoms with Crippen LogP contribution in [0.4, 0.5) is 0 Å². The van der Waals surface area contributed by atoms with E-state index in [9.17, 15) is 0 Å². The summed E-state index contributed by atoms with van der Waals surface area (Å²) in [5.74, 6) is 6.36. The van der Waals surface area contributed by atoms with Gasteiger partial charge in [0.15, 0.2) is 0 Å². The quantitative estimate of drug-likeness (QED) is 0.200. The highest BCUT2D eigenvalue weighted by molar-refractivity contribution is 5.79. The molecule has 19 heavy (non-hydrogen) atoms. The van der Waals surface area contributed by atoms with E-state index in [4.69, 9.17) is 10.6 Å². The molecular formula is C13H31N5O. The molecule has 0 rings (SSSR count). The summed E-state index contributed by atoms with van der Waals surface area (Å²) in [6, 6.07) is 0. The molecule has 0 aromatic rings. The molecule has 0 atom stereocenters. The number of nitrogens with two attached hydrogens (primary N) is 1. The van der Waals surface area contributed by atoms with Crippen LogP contribution in [-0.2, 0) is 4.74 Å². The second-order valence-electron chi connectivity index (χ2n) is 4.69. The second-order valence-corrected chi connectivity index (χ2v) is 4.69. The number of nitrogens with one attached hydrogen (secondary N) is 1. The number of aliphatic imine (C=N–C) groups is 1. The molecule has 0 spiro atoms. The predicted octanol–water partition coefficient (Wildman–Crippen LogP) is 0.506. The maximum absolute atomic E-state index is 5.58. The lowest BCUT2D eigenvalue weighted by atomic mass is 10.4. The van der Waals surface area contributed by atoms with Crippen LogP contribution >= 0.6 is 0 Å². The molecular weight excluding hydrogens is 242 g/mol. The van der Waals surface area contributed by atoms with Crippen molar-refractivity contribution < 1.29 is 4.74 Å². The van der Waals surface area contributed by atoms with Gasteiger partial charge in [0.05, 0.1) is 0 Å². The van der Waals surface area contributed by atoms with E-state index >= 15 is 0 Å². The van der Waals surface area contributed by atoms with Crippen molar-refractivity contribution in [3.63, 3.8) is 0 Å². The average molecular weight is 273 g/mol. The first kappa shape index (κ1) is 18.1. The fourth-order valence-corrected chi connectivity index (χ4v) is 1.65. The average Bonchev–Trinajstić information content (AvgIpc) is 2.39. The van der Waals surface area contributed by atoms with E-state index < -0.39 is 0 Å². The van der Waals surface area contributed by atoms with E-state index in [0.717, 1.165) is 58.2 Å². The van der Waals surface area contributed by atoms with Crippen molar-refractivity contribution in [2.45, 2.75) is 26.7 Å². The first-order valence-corrected chi connectivity index (χ1v) is 7.14. The van der Waals surface area contributed by atoms with E-state index in [1.165, 1.54) is 0 Å². The number of hydrogen-bond acceptors (Lipinski definition) is 4. The SMILES string of the molecule is CCCN(CCN(C)C)C(=NCCCOCC)NN. The van der Waals surface area contributed by atoms with Crippen LogP contribution in [0.1, 0.15) is 26.7 Å². The number of hydrazine groups is 1. The highest BCUT2D eigenvalue weighted by Gasteiger charge is 2.09. The minimum atomic E-state index is 0.738. The third-order valence-electron chi connectivity index (χ3n) is 2.65. The molecule has 0 aromatic heterocycles. The smallest absolute Gasteiger partial charge is 0.208 e. The molecule has 0 amide bonds. The Hall–Kier alpha value is -0.850. The molecule has 114 valence electrons. The van der Waals surface area contributed by atoms with Crippen LogP contribution in [0.3, 0.4) is 0 Å². The van der Waals surface area contributed by atoms with Gasteiger partial charge in [0.1, 0.15) is 0 Å². The number of rotatable bonds is 10. The summed E-state index contributed by atoms with van der Waals surface area (Å²) in [6.45, 7) is 9.28. The van der Waals surface area contributed by atoms with Crippen molar-refractivity contribution in [3.05, 3.63) is 0 Å². The largest absolute Gasteiger partial charge is 0.382 e. The van der Waals surface area contributed by atoms with Crippen molar-refractivity contribution in [1.29, 1.82) is 0 Å². The molecule has 0 aromatic carbocycles. The molecule has 3 N–H and O–H groups in total. The lowest BCUT2D eigenvalue weighted by Crippen LogP contribution is -2.47. The van der Waals surface area contributed by atoms with Gasteiger partial charge in [-0.25, -0.2) is 5.84 Å². The number of likely N-dealkylation sites (N-methyl/N-ethyl adjacent to an activating group) is 1. The van der Waals surface area contributed by atoms with Crippen LogP contribution in [0.15, 0.2) is 4.99 Å². The number of guanidine groups is 1. The molecule has 6 heteroatoms. The molecule has 0 aliphatic rings. The van der Waals surface area contributed by atoms with Crippen LogP contribution < -0.4 is 11.3 Å². The molecule has 0 heterocycles.